The van der Waals surface area contributed by atoms with Gasteiger partial charge in [-0.2, -0.15) is 0 Å². The Kier molecular flexibility index (Phi) is 8.62. The van der Waals surface area contributed by atoms with E-state index in [2.05, 4.69) is 4.98 Å². The molecule has 4 aromatic rings. The first kappa shape index (κ1) is 30.7. The number of carbonyl (C=O) groups excluding carboxylic acids is 3. The summed E-state index contributed by atoms with van der Waals surface area (Å²) < 4.78 is 28.2. The molecule has 11 nitrogen and oxygen atoms in total. The van der Waals surface area contributed by atoms with E-state index in [0.717, 1.165) is 16.9 Å². The molecule has 1 amide bonds. The maximum absolute atomic E-state index is 13.8. The maximum atomic E-state index is 13.8. The number of thiazole rings is 1. The average Bonchev–Trinajstić information content (AvgIpc) is 3.59. The molecule has 1 unspecified atom stereocenters. The van der Waals surface area contributed by atoms with Crippen molar-refractivity contribution in [2.24, 2.45) is 0 Å². The van der Waals surface area contributed by atoms with Gasteiger partial charge in [0.05, 0.1) is 31.0 Å². The second-order valence-electron chi connectivity index (χ2n) is 10.3. The highest BCUT2D eigenvalue weighted by Crippen LogP contribution is 2.46. The number of aryl methyl sites for hydroxylation is 1. The number of amides is 1. The average molecular weight is 643 g/mol. The first-order valence-corrected chi connectivity index (χ1v) is 15.3. The van der Waals surface area contributed by atoms with Gasteiger partial charge in [0.1, 0.15) is 30.5 Å². The quantitative estimate of drug-likeness (QED) is 0.106. The summed E-state index contributed by atoms with van der Waals surface area (Å²) in [5.74, 6) is -1.14. The van der Waals surface area contributed by atoms with Gasteiger partial charge in [-0.25, -0.2) is 9.78 Å². The number of nitrogens with zero attached hydrogens (tertiary/aromatic N) is 2. The van der Waals surface area contributed by atoms with Crippen LogP contribution in [0, 0.1) is 6.92 Å². The van der Waals surface area contributed by atoms with Crippen molar-refractivity contribution in [1.82, 2.24) is 4.98 Å². The zero-order valence-electron chi connectivity index (χ0n) is 25.3. The number of hydrogen-bond acceptors (Lipinski definition) is 11. The molecule has 2 aliphatic rings. The number of esters is 1. The third-order valence-electron chi connectivity index (χ3n) is 7.44. The van der Waals surface area contributed by atoms with Gasteiger partial charge in [0.2, 0.25) is 0 Å². The lowest BCUT2D eigenvalue weighted by molar-refractivity contribution is -0.132. The largest absolute Gasteiger partial charge is 0.507 e. The molecule has 1 atom stereocenters. The Morgan fingerprint density at radius 3 is 2.50 bits per heavy atom. The minimum absolute atomic E-state index is 0.0913. The summed E-state index contributed by atoms with van der Waals surface area (Å²) in [5.41, 5.74) is 1.82. The van der Waals surface area contributed by atoms with Gasteiger partial charge in [0.25, 0.3) is 5.78 Å². The van der Waals surface area contributed by atoms with Crippen LogP contribution in [0.2, 0.25) is 0 Å². The summed E-state index contributed by atoms with van der Waals surface area (Å²) in [6, 6.07) is 18.4. The standard InChI is InChI=1S/C34H30N2O9S/c1-4-42-25-16-21(10-12-24(25)45-18-20-8-6-5-7-9-20)28-27(29(37)22-11-13-23-26(17-22)44-15-14-43-23)30(38)32(39)36(28)34-35-19(2)31(46-34)33(40)41-3/h5-13,16-17,28,37H,4,14-15,18H2,1-3H3/b29-27-. The predicted molar refractivity (Wildman–Crippen MR) is 169 cm³/mol. The van der Waals surface area contributed by atoms with Crippen molar-refractivity contribution in [3.05, 3.63) is 99.6 Å². The van der Waals surface area contributed by atoms with Crippen LogP contribution in [0.1, 0.15) is 45.0 Å². The van der Waals surface area contributed by atoms with Gasteiger partial charge in [-0.1, -0.05) is 47.7 Å². The minimum atomic E-state index is -1.13. The monoisotopic (exact) mass is 642 g/mol. The molecule has 0 radical (unpaired) electrons. The number of carbonyl (C=O) groups is 3. The first-order valence-electron chi connectivity index (χ1n) is 14.5. The van der Waals surface area contributed by atoms with Crippen molar-refractivity contribution in [1.29, 1.82) is 0 Å². The number of ketones is 1. The molecule has 3 aromatic carbocycles. The number of fused-ring (bicyclic) bond motifs is 1. The van der Waals surface area contributed by atoms with E-state index in [0.29, 0.717) is 54.1 Å². The highest BCUT2D eigenvalue weighted by atomic mass is 32.1. The van der Waals surface area contributed by atoms with Crippen LogP contribution in [0.5, 0.6) is 23.0 Å². The second kappa shape index (κ2) is 12.9. The SMILES string of the molecule is CCOc1cc(C2/C(=C(/O)c3ccc4c(c3)OCCO4)C(=O)C(=O)N2c2nc(C)c(C(=O)OC)s2)ccc1OCc1ccccc1. The fourth-order valence-corrected chi connectivity index (χ4v) is 6.29. The Morgan fingerprint density at radius 1 is 1.00 bits per heavy atom. The van der Waals surface area contributed by atoms with Crippen molar-refractivity contribution in [3.8, 4) is 23.0 Å². The summed E-state index contributed by atoms with van der Waals surface area (Å²) in [4.78, 5) is 45.8. The van der Waals surface area contributed by atoms with Gasteiger partial charge in [-0.3, -0.25) is 14.5 Å². The summed E-state index contributed by atoms with van der Waals surface area (Å²) in [6.07, 6.45) is 0. The molecule has 1 saturated heterocycles. The Hall–Kier alpha value is -5.36. The number of Topliss-reactive ketones (excluding diaryl/α,β-unsaturated/α-hetero) is 1. The molecule has 1 N–H and O–H groups in total. The topological polar surface area (TPSA) is 134 Å². The molecule has 6 rings (SSSR count). The Labute approximate surface area is 268 Å². The fraction of sp³-hybridized carbons (Fsp3) is 0.235. The van der Waals surface area contributed by atoms with Gasteiger partial charge in [-0.05, 0) is 55.3 Å². The smallest absolute Gasteiger partial charge is 0.350 e. The van der Waals surface area contributed by atoms with E-state index >= 15 is 0 Å². The zero-order chi connectivity index (χ0) is 32.4. The maximum Gasteiger partial charge on any atom is 0.350 e. The van der Waals surface area contributed by atoms with Crippen molar-refractivity contribution in [2.75, 3.05) is 31.8 Å². The summed E-state index contributed by atoms with van der Waals surface area (Å²) in [5, 5.41) is 11.8. The lowest BCUT2D eigenvalue weighted by Gasteiger charge is -2.24. The Bertz CT molecular complexity index is 1850. The van der Waals surface area contributed by atoms with E-state index in [-0.39, 0.29) is 27.8 Å². The van der Waals surface area contributed by atoms with E-state index in [1.54, 1.807) is 43.3 Å². The molecule has 12 heteroatoms. The van der Waals surface area contributed by atoms with E-state index in [1.165, 1.54) is 12.0 Å². The van der Waals surface area contributed by atoms with Crippen LogP contribution in [-0.4, -0.2) is 54.7 Å². The number of hydrogen-bond donors (Lipinski definition) is 1. The molecule has 1 fully saturated rings. The second-order valence-corrected chi connectivity index (χ2v) is 11.3. The fourth-order valence-electron chi connectivity index (χ4n) is 5.28. The highest BCUT2D eigenvalue weighted by molar-refractivity contribution is 7.17. The first-order chi connectivity index (χ1) is 22.3. The van der Waals surface area contributed by atoms with Gasteiger partial charge >= 0.3 is 11.9 Å². The van der Waals surface area contributed by atoms with Gasteiger partial charge in [0, 0.05) is 5.56 Å². The summed E-state index contributed by atoms with van der Waals surface area (Å²) in [7, 11) is 1.25. The number of benzene rings is 3. The van der Waals surface area contributed by atoms with E-state index < -0.39 is 29.5 Å². The minimum Gasteiger partial charge on any atom is -0.507 e. The van der Waals surface area contributed by atoms with Gasteiger partial charge in [-0.15, -0.1) is 0 Å². The molecule has 0 bridgehead atoms. The number of aromatic nitrogens is 1. The number of rotatable bonds is 9. The highest BCUT2D eigenvalue weighted by Gasteiger charge is 2.49. The van der Waals surface area contributed by atoms with Crippen LogP contribution in [0.4, 0.5) is 5.13 Å². The lowest BCUT2D eigenvalue weighted by Crippen LogP contribution is -2.29. The van der Waals surface area contributed by atoms with Crippen molar-refractivity contribution >= 4 is 39.9 Å². The normalized spacial score (nSPS) is 16.8. The molecule has 0 aliphatic carbocycles. The Balaban J connectivity index is 1.48. The van der Waals surface area contributed by atoms with Crippen LogP contribution >= 0.6 is 11.3 Å². The third kappa shape index (κ3) is 5.74. The van der Waals surface area contributed by atoms with Crippen molar-refractivity contribution in [2.45, 2.75) is 26.5 Å². The lowest BCUT2D eigenvalue weighted by atomic mass is 9.95. The molecule has 46 heavy (non-hydrogen) atoms. The number of methoxy groups -OCH3 is 1. The van der Waals surface area contributed by atoms with Crippen LogP contribution in [-0.2, 0) is 20.9 Å². The zero-order valence-corrected chi connectivity index (χ0v) is 26.1. The number of ether oxygens (including phenoxy) is 5. The van der Waals surface area contributed by atoms with Crippen molar-refractivity contribution in [3.63, 3.8) is 0 Å². The Morgan fingerprint density at radius 2 is 1.76 bits per heavy atom. The van der Waals surface area contributed by atoms with Crippen molar-refractivity contribution < 1.29 is 43.2 Å². The number of aliphatic hydroxyl groups excluding tert-OH is 1. The molecule has 3 heterocycles. The van der Waals surface area contributed by atoms with Crippen LogP contribution in [0.3, 0.4) is 0 Å². The van der Waals surface area contributed by atoms with Crippen LogP contribution < -0.4 is 23.8 Å². The van der Waals surface area contributed by atoms with Gasteiger partial charge < -0.3 is 28.8 Å². The molecule has 236 valence electrons. The molecule has 1 aromatic heterocycles. The van der Waals surface area contributed by atoms with E-state index in [4.69, 9.17) is 23.7 Å². The molecular formula is C34H30N2O9S. The van der Waals surface area contributed by atoms with Crippen LogP contribution in [0.25, 0.3) is 5.76 Å². The number of anilines is 1. The predicted octanol–water partition coefficient (Wildman–Crippen LogP) is 5.61. The molecular weight excluding hydrogens is 612 g/mol. The van der Waals surface area contributed by atoms with Gasteiger partial charge in [0.15, 0.2) is 28.1 Å². The number of aliphatic hydroxyl groups is 1. The summed E-state index contributed by atoms with van der Waals surface area (Å²) >= 11 is 0.916. The summed E-state index contributed by atoms with van der Waals surface area (Å²) in [6.45, 7) is 4.76. The van der Waals surface area contributed by atoms with E-state index in [1.807, 2.05) is 37.3 Å². The third-order valence-corrected chi connectivity index (χ3v) is 8.58. The van der Waals surface area contributed by atoms with Crippen LogP contribution in [0.15, 0.2) is 72.3 Å². The van der Waals surface area contributed by atoms with E-state index in [9.17, 15) is 19.5 Å². The molecule has 0 saturated carbocycles. The molecule has 2 aliphatic heterocycles. The molecule has 0 spiro atoms.